The Bertz CT molecular complexity index is 786. The van der Waals surface area contributed by atoms with E-state index in [0.29, 0.717) is 22.9 Å². The Hall–Kier alpha value is -1.33. The topological polar surface area (TPSA) is 49.4 Å². The number of anilines is 1. The zero-order chi connectivity index (χ0) is 17.6. The summed E-state index contributed by atoms with van der Waals surface area (Å²) in [5.74, 6) is 0.685. The van der Waals surface area contributed by atoms with Crippen molar-refractivity contribution in [1.82, 2.24) is 4.90 Å². The molecule has 5 heteroatoms. The Morgan fingerprint density at radius 1 is 1.08 bits per heavy atom. The number of rotatable bonds is 5. The van der Waals surface area contributed by atoms with Gasteiger partial charge in [0.15, 0.2) is 0 Å². The monoisotopic (exact) mass is 360 g/mol. The van der Waals surface area contributed by atoms with Crippen LogP contribution in [0, 0.1) is 5.92 Å². The number of nitrogens with zero attached hydrogens (tertiary/aromatic N) is 1. The van der Waals surface area contributed by atoms with Crippen LogP contribution in [-0.2, 0) is 9.84 Å². The lowest BCUT2D eigenvalue weighted by atomic mass is 9.90. The predicted molar refractivity (Wildman–Crippen MR) is 102 cm³/mol. The maximum absolute atomic E-state index is 12.7. The minimum Gasteiger partial charge on any atom is -0.381 e. The van der Waals surface area contributed by atoms with Crippen LogP contribution in [-0.4, -0.2) is 39.5 Å². The molecular weight excluding hydrogens is 332 g/mol. The summed E-state index contributed by atoms with van der Waals surface area (Å²) in [4.78, 5) is 2.81. The molecule has 2 saturated carbocycles. The van der Waals surface area contributed by atoms with E-state index in [1.807, 2.05) is 18.2 Å². The lowest BCUT2D eigenvalue weighted by Gasteiger charge is -2.33. The van der Waals surface area contributed by atoms with Gasteiger partial charge >= 0.3 is 0 Å². The van der Waals surface area contributed by atoms with Crippen molar-refractivity contribution in [3.05, 3.63) is 29.2 Å². The van der Waals surface area contributed by atoms with Crippen LogP contribution in [0.15, 0.2) is 28.5 Å². The van der Waals surface area contributed by atoms with Crippen LogP contribution >= 0.6 is 0 Å². The summed E-state index contributed by atoms with van der Waals surface area (Å²) in [6.07, 6.45) is 7.89. The predicted octanol–water partition coefficient (Wildman–Crippen LogP) is 3.90. The van der Waals surface area contributed by atoms with Gasteiger partial charge in [-0.1, -0.05) is 12.1 Å². The number of fused-ring (bicyclic) bond motifs is 1. The van der Waals surface area contributed by atoms with E-state index in [1.165, 1.54) is 18.2 Å². The zero-order valence-electron chi connectivity index (χ0n) is 15.2. The third kappa shape index (κ3) is 3.49. The summed E-state index contributed by atoms with van der Waals surface area (Å²) in [6.45, 7) is 0. The lowest BCUT2D eigenvalue weighted by molar-refractivity contribution is 0.221. The van der Waals surface area contributed by atoms with Gasteiger partial charge in [-0.05, 0) is 82.2 Å². The summed E-state index contributed by atoms with van der Waals surface area (Å²) < 4.78 is 25.5. The number of allylic oxidation sites excluding steroid dienone is 1. The molecule has 0 aromatic heterocycles. The van der Waals surface area contributed by atoms with Crippen LogP contribution in [0.2, 0.25) is 0 Å². The molecule has 0 saturated heterocycles. The van der Waals surface area contributed by atoms with Crippen LogP contribution < -0.4 is 5.32 Å². The molecule has 1 aromatic rings. The summed E-state index contributed by atoms with van der Waals surface area (Å²) in [6, 6.07) is 6.92. The molecule has 2 aliphatic carbocycles. The van der Waals surface area contributed by atoms with E-state index < -0.39 is 9.84 Å². The Morgan fingerprint density at radius 3 is 2.44 bits per heavy atom. The first kappa shape index (κ1) is 17.1. The van der Waals surface area contributed by atoms with Crippen molar-refractivity contribution in [2.75, 3.05) is 19.4 Å². The maximum atomic E-state index is 12.7. The van der Waals surface area contributed by atoms with Gasteiger partial charge in [-0.2, -0.15) is 0 Å². The highest BCUT2D eigenvalue weighted by Crippen LogP contribution is 2.45. The second-order valence-electron chi connectivity index (χ2n) is 8.13. The van der Waals surface area contributed by atoms with Crippen molar-refractivity contribution in [2.45, 2.75) is 61.9 Å². The molecule has 0 amide bonds. The maximum Gasteiger partial charge on any atom is 0.202 e. The molecule has 3 aliphatic rings. The number of nitrogens with one attached hydrogen (secondary N) is 1. The van der Waals surface area contributed by atoms with Gasteiger partial charge in [-0.25, -0.2) is 8.42 Å². The Balaban J connectivity index is 1.54. The van der Waals surface area contributed by atoms with Gasteiger partial charge in [-0.3, -0.25) is 0 Å². The third-order valence-electron chi connectivity index (χ3n) is 5.94. The van der Waals surface area contributed by atoms with Crippen LogP contribution in [0.3, 0.4) is 0 Å². The molecule has 0 bridgehead atoms. The van der Waals surface area contributed by atoms with Gasteiger partial charge in [-0.15, -0.1) is 0 Å². The first-order valence-electron chi connectivity index (χ1n) is 9.46. The van der Waals surface area contributed by atoms with E-state index in [-0.39, 0.29) is 0 Å². The molecule has 2 fully saturated rings. The average Bonchev–Trinajstić information content (AvgIpc) is 3.33. The van der Waals surface area contributed by atoms with Crippen molar-refractivity contribution < 1.29 is 8.42 Å². The molecule has 4 nitrogen and oxygen atoms in total. The van der Waals surface area contributed by atoms with E-state index in [4.69, 9.17) is 0 Å². The van der Waals surface area contributed by atoms with Gasteiger partial charge in [0.1, 0.15) is 4.90 Å². The fourth-order valence-corrected chi connectivity index (χ4v) is 5.92. The van der Waals surface area contributed by atoms with Crippen LogP contribution in [0.1, 0.15) is 50.5 Å². The van der Waals surface area contributed by atoms with Crippen LogP contribution in [0.4, 0.5) is 5.69 Å². The van der Waals surface area contributed by atoms with Crippen molar-refractivity contribution in [3.63, 3.8) is 0 Å². The van der Waals surface area contributed by atoms with Crippen LogP contribution in [0.25, 0.3) is 5.57 Å². The summed E-state index contributed by atoms with van der Waals surface area (Å²) in [5.41, 5.74) is 2.74. The molecule has 1 aromatic carbocycles. The first-order valence-corrected chi connectivity index (χ1v) is 11.0. The number of benzene rings is 1. The fraction of sp³-hybridized carbons (Fsp3) is 0.600. The standard InChI is InChI=1S/C20H28N2O2S/c1-22(2)17-10-8-16(9-11-17)21-19-5-3-4-18-15(12-14-6-7-14)13-25(23,24)20(18)19/h3-5,13-14,16-17,21H,6-12H2,1-2H3. The van der Waals surface area contributed by atoms with Crippen molar-refractivity contribution in [3.8, 4) is 0 Å². The molecule has 0 spiro atoms. The van der Waals surface area contributed by atoms with Gasteiger partial charge in [0, 0.05) is 17.5 Å². The molecule has 1 heterocycles. The van der Waals surface area contributed by atoms with E-state index in [9.17, 15) is 8.42 Å². The first-order chi connectivity index (χ1) is 11.9. The normalized spacial score (nSPS) is 27.9. The average molecular weight is 361 g/mol. The molecule has 0 unspecified atom stereocenters. The molecule has 1 N–H and O–H groups in total. The summed E-state index contributed by atoms with van der Waals surface area (Å²) in [7, 11) is 0.971. The molecular formula is C20H28N2O2S. The zero-order valence-corrected chi connectivity index (χ0v) is 16.0. The highest BCUT2D eigenvalue weighted by molar-refractivity contribution is 7.95. The number of hydrogen-bond donors (Lipinski definition) is 1. The summed E-state index contributed by atoms with van der Waals surface area (Å²) in [5, 5.41) is 5.07. The highest BCUT2D eigenvalue weighted by Gasteiger charge is 2.34. The lowest BCUT2D eigenvalue weighted by Crippen LogP contribution is -2.36. The minimum atomic E-state index is -3.31. The van der Waals surface area contributed by atoms with Crippen molar-refractivity contribution >= 4 is 21.1 Å². The van der Waals surface area contributed by atoms with Gasteiger partial charge in [0.05, 0.1) is 5.69 Å². The summed E-state index contributed by atoms with van der Waals surface area (Å²) >= 11 is 0. The number of sulfone groups is 1. The van der Waals surface area contributed by atoms with Crippen LogP contribution in [0.5, 0.6) is 0 Å². The molecule has 25 heavy (non-hydrogen) atoms. The third-order valence-corrected chi connectivity index (χ3v) is 7.54. The second-order valence-corrected chi connectivity index (χ2v) is 9.87. The van der Waals surface area contributed by atoms with Crippen molar-refractivity contribution in [2.24, 2.45) is 5.92 Å². The quantitative estimate of drug-likeness (QED) is 0.865. The van der Waals surface area contributed by atoms with Gasteiger partial charge in [0.25, 0.3) is 0 Å². The molecule has 136 valence electrons. The SMILES string of the molecule is CN(C)C1CCC(Nc2cccc3c2S(=O)(=O)C=C3CC2CC2)CC1. The Morgan fingerprint density at radius 2 is 1.80 bits per heavy atom. The van der Waals surface area contributed by atoms with E-state index in [1.54, 1.807) is 0 Å². The van der Waals surface area contributed by atoms with E-state index in [2.05, 4.69) is 24.3 Å². The Kier molecular flexibility index (Phi) is 4.40. The minimum absolute atomic E-state index is 0.366. The largest absolute Gasteiger partial charge is 0.381 e. The molecule has 1 aliphatic heterocycles. The fourth-order valence-electron chi connectivity index (χ4n) is 4.27. The van der Waals surface area contributed by atoms with Gasteiger partial charge in [0.2, 0.25) is 9.84 Å². The molecule has 0 radical (unpaired) electrons. The second kappa shape index (κ2) is 6.44. The van der Waals surface area contributed by atoms with Crippen molar-refractivity contribution in [1.29, 1.82) is 0 Å². The van der Waals surface area contributed by atoms with E-state index in [0.717, 1.165) is 48.9 Å². The Labute approximate surface area is 151 Å². The highest BCUT2D eigenvalue weighted by atomic mass is 32.2. The van der Waals surface area contributed by atoms with E-state index >= 15 is 0 Å². The number of hydrogen-bond acceptors (Lipinski definition) is 4. The smallest absolute Gasteiger partial charge is 0.202 e. The van der Waals surface area contributed by atoms with Gasteiger partial charge < -0.3 is 10.2 Å². The molecule has 0 atom stereocenters. The molecule has 4 rings (SSSR count).